The van der Waals surface area contributed by atoms with Gasteiger partial charge in [0.05, 0.1) is 0 Å². The number of aryl methyl sites for hydroxylation is 1. The molecule has 1 aliphatic rings. The molecule has 1 saturated heterocycles. The van der Waals surface area contributed by atoms with Crippen LogP contribution in [0.15, 0.2) is 22.7 Å². The molecule has 1 aromatic rings. The molecule has 0 aromatic heterocycles. The Morgan fingerprint density at radius 3 is 2.63 bits per heavy atom. The summed E-state index contributed by atoms with van der Waals surface area (Å²) in [5.41, 5.74) is 7.16. The Balaban J connectivity index is 0.00000180. The summed E-state index contributed by atoms with van der Waals surface area (Å²) in [6, 6.07) is 5.69. The number of rotatable bonds is 2. The number of amides is 1. The molecule has 0 radical (unpaired) electrons. The smallest absolute Gasteiger partial charge is 0.244 e. The molecule has 0 bridgehead atoms. The normalized spacial score (nSPS) is 17.4. The molecule has 1 aromatic carbocycles. The summed E-state index contributed by atoms with van der Waals surface area (Å²) in [6.45, 7) is 3.07. The first-order valence-corrected chi connectivity index (χ1v) is 6.75. The van der Waals surface area contributed by atoms with Crippen LogP contribution in [0.4, 0.5) is 5.69 Å². The molecular weight excluding hydrogens is 332 g/mol. The fourth-order valence-electron chi connectivity index (χ4n) is 1.94. The molecule has 0 atom stereocenters. The molecule has 0 spiro atoms. The van der Waals surface area contributed by atoms with Gasteiger partial charge in [0.25, 0.3) is 0 Å². The van der Waals surface area contributed by atoms with Gasteiger partial charge in [0, 0.05) is 23.4 Å². The average Bonchev–Trinajstić information content (AvgIpc) is 2.35. The number of ether oxygens (including phenoxy) is 1. The number of benzene rings is 1. The van der Waals surface area contributed by atoms with Crippen molar-refractivity contribution < 1.29 is 9.53 Å². The monoisotopic (exact) mass is 348 g/mol. The summed E-state index contributed by atoms with van der Waals surface area (Å²) in [7, 11) is 0. The number of nitrogens with two attached hydrogens (primary N) is 1. The second-order valence-corrected chi connectivity index (χ2v) is 5.54. The predicted molar refractivity (Wildman–Crippen MR) is 81.7 cm³/mol. The Morgan fingerprint density at radius 1 is 1.42 bits per heavy atom. The van der Waals surface area contributed by atoms with E-state index in [0.717, 1.165) is 15.7 Å². The van der Waals surface area contributed by atoms with Gasteiger partial charge in [-0.25, -0.2) is 0 Å². The van der Waals surface area contributed by atoms with Crippen molar-refractivity contribution in [3.63, 3.8) is 0 Å². The third kappa shape index (κ3) is 3.92. The summed E-state index contributed by atoms with van der Waals surface area (Å²) < 4.78 is 6.26. The van der Waals surface area contributed by atoms with Gasteiger partial charge in [-0.1, -0.05) is 15.9 Å². The molecule has 1 heterocycles. The minimum Gasteiger partial charge on any atom is -0.381 e. The molecular formula is C13H18BrClN2O2. The molecule has 1 amide bonds. The maximum absolute atomic E-state index is 12.2. The van der Waals surface area contributed by atoms with E-state index in [1.54, 1.807) is 0 Å². The van der Waals surface area contributed by atoms with E-state index in [1.807, 2.05) is 25.1 Å². The third-order valence-electron chi connectivity index (χ3n) is 3.25. The van der Waals surface area contributed by atoms with Gasteiger partial charge in [-0.3, -0.25) is 4.79 Å². The van der Waals surface area contributed by atoms with E-state index in [4.69, 9.17) is 10.5 Å². The number of halogens is 2. The Kier molecular flexibility index (Phi) is 5.80. The van der Waals surface area contributed by atoms with Crippen LogP contribution >= 0.6 is 28.3 Å². The summed E-state index contributed by atoms with van der Waals surface area (Å²) in [5, 5.41) is 2.88. The fraction of sp³-hybridized carbons (Fsp3) is 0.462. The lowest BCUT2D eigenvalue weighted by molar-refractivity contribution is -0.124. The van der Waals surface area contributed by atoms with Crippen LogP contribution in [0.5, 0.6) is 0 Å². The van der Waals surface area contributed by atoms with Crippen molar-refractivity contribution in [2.45, 2.75) is 25.3 Å². The quantitative estimate of drug-likeness (QED) is 0.862. The van der Waals surface area contributed by atoms with Crippen molar-refractivity contribution in [2.75, 3.05) is 18.5 Å². The summed E-state index contributed by atoms with van der Waals surface area (Å²) in [6.07, 6.45) is 1.13. The zero-order chi connectivity index (χ0) is 13.2. The molecule has 0 saturated carbocycles. The molecule has 0 unspecified atom stereocenters. The van der Waals surface area contributed by atoms with Crippen molar-refractivity contribution in [3.05, 3.63) is 28.2 Å². The molecule has 3 N–H and O–H groups in total. The molecule has 2 rings (SSSR count). The highest BCUT2D eigenvalue weighted by molar-refractivity contribution is 9.10. The Morgan fingerprint density at radius 2 is 2.05 bits per heavy atom. The SMILES string of the molecule is Cc1cc(NC(=O)C2(N)CCOCC2)ccc1Br.Cl. The molecule has 106 valence electrons. The summed E-state index contributed by atoms with van der Waals surface area (Å²) in [4.78, 5) is 12.2. The highest BCUT2D eigenvalue weighted by Crippen LogP contribution is 2.23. The molecule has 4 nitrogen and oxygen atoms in total. The van der Waals surface area contributed by atoms with E-state index < -0.39 is 5.54 Å². The first-order valence-electron chi connectivity index (χ1n) is 5.95. The van der Waals surface area contributed by atoms with E-state index in [9.17, 15) is 4.79 Å². The predicted octanol–water partition coefficient (Wildman–Crippen LogP) is 2.63. The molecule has 19 heavy (non-hydrogen) atoms. The minimum atomic E-state index is -0.806. The molecule has 0 aliphatic carbocycles. The molecule has 1 fully saturated rings. The van der Waals surface area contributed by atoms with Crippen LogP contribution in [0, 0.1) is 6.92 Å². The van der Waals surface area contributed by atoms with Gasteiger partial charge in [-0.15, -0.1) is 12.4 Å². The van der Waals surface area contributed by atoms with Gasteiger partial charge in [0.1, 0.15) is 5.54 Å². The van der Waals surface area contributed by atoms with Gasteiger partial charge < -0.3 is 15.8 Å². The number of nitrogens with one attached hydrogen (secondary N) is 1. The van der Waals surface area contributed by atoms with Crippen molar-refractivity contribution >= 4 is 39.9 Å². The van der Waals surface area contributed by atoms with E-state index in [2.05, 4.69) is 21.2 Å². The first kappa shape index (κ1) is 16.4. The van der Waals surface area contributed by atoms with Crippen LogP contribution in [0.2, 0.25) is 0 Å². The third-order valence-corrected chi connectivity index (χ3v) is 4.14. The van der Waals surface area contributed by atoms with Crippen LogP contribution in [0.3, 0.4) is 0 Å². The lowest BCUT2D eigenvalue weighted by Gasteiger charge is -2.31. The first-order chi connectivity index (χ1) is 8.51. The topological polar surface area (TPSA) is 64.4 Å². The van der Waals surface area contributed by atoms with Gasteiger partial charge in [-0.05, 0) is 43.5 Å². The van der Waals surface area contributed by atoms with E-state index >= 15 is 0 Å². The Hall–Kier alpha value is -0.620. The second kappa shape index (κ2) is 6.70. The van der Waals surface area contributed by atoms with Gasteiger partial charge in [-0.2, -0.15) is 0 Å². The Bertz CT molecular complexity index is 462. The molecule has 6 heteroatoms. The summed E-state index contributed by atoms with van der Waals surface area (Å²) in [5.74, 6) is -0.132. The van der Waals surface area contributed by atoms with E-state index in [1.165, 1.54) is 0 Å². The maximum Gasteiger partial charge on any atom is 0.244 e. The number of hydrogen-bond donors (Lipinski definition) is 2. The van der Waals surface area contributed by atoms with E-state index in [0.29, 0.717) is 26.1 Å². The van der Waals surface area contributed by atoms with Crippen molar-refractivity contribution in [2.24, 2.45) is 5.73 Å². The zero-order valence-corrected chi connectivity index (χ0v) is 13.1. The fourth-order valence-corrected chi connectivity index (χ4v) is 2.19. The lowest BCUT2D eigenvalue weighted by Crippen LogP contribution is -2.54. The Labute approximate surface area is 127 Å². The number of carbonyl (C=O) groups excluding carboxylic acids is 1. The van der Waals surface area contributed by atoms with Gasteiger partial charge in [0.2, 0.25) is 5.91 Å². The minimum absolute atomic E-state index is 0. The average molecular weight is 350 g/mol. The van der Waals surface area contributed by atoms with E-state index in [-0.39, 0.29) is 18.3 Å². The number of anilines is 1. The van der Waals surface area contributed by atoms with Gasteiger partial charge in [0.15, 0.2) is 0 Å². The lowest BCUT2D eigenvalue weighted by atomic mass is 9.90. The maximum atomic E-state index is 12.2. The van der Waals surface area contributed by atoms with Crippen LogP contribution in [0.1, 0.15) is 18.4 Å². The number of hydrogen-bond acceptors (Lipinski definition) is 3. The molecule has 1 aliphatic heterocycles. The zero-order valence-electron chi connectivity index (χ0n) is 10.7. The van der Waals surface area contributed by atoms with Crippen LogP contribution in [-0.4, -0.2) is 24.7 Å². The second-order valence-electron chi connectivity index (χ2n) is 4.69. The van der Waals surface area contributed by atoms with Crippen molar-refractivity contribution in [1.29, 1.82) is 0 Å². The summed E-state index contributed by atoms with van der Waals surface area (Å²) >= 11 is 3.43. The van der Waals surface area contributed by atoms with Crippen molar-refractivity contribution in [3.8, 4) is 0 Å². The van der Waals surface area contributed by atoms with Gasteiger partial charge >= 0.3 is 0 Å². The standard InChI is InChI=1S/C13H17BrN2O2.ClH/c1-9-8-10(2-3-11(9)14)16-12(17)13(15)4-6-18-7-5-13;/h2-3,8H,4-7,15H2,1H3,(H,16,17);1H. The van der Waals surface area contributed by atoms with Crippen LogP contribution in [-0.2, 0) is 9.53 Å². The van der Waals surface area contributed by atoms with Crippen LogP contribution in [0.25, 0.3) is 0 Å². The highest BCUT2D eigenvalue weighted by Gasteiger charge is 2.35. The largest absolute Gasteiger partial charge is 0.381 e. The van der Waals surface area contributed by atoms with Crippen LogP contribution < -0.4 is 11.1 Å². The highest BCUT2D eigenvalue weighted by atomic mass is 79.9. The number of carbonyl (C=O) groups is 1. The van der Waals surface area contributed by atoms with Crippen molar-refractivity contribution in [1.82, 2.24) is 0 Å².